The molecule has 1 aromatic heterocycles. The van der Waals surface area contributed by atoms with Gasteiger partial charge in [-0.3, -0.25) is 14.9 Å². The molecule has 30 heavy (non-hydrogen) atoms. The number of amides is 2. The highest BCUT2D eigenvalue weighted by molar-refractivity contribution is 7.16. The second-order valence-electron chi connectivity index (χ2n) is 6.72. The molecule has 3 aromatic rings. The van der Waals surface area contributed by atoms with E-state index in [1.54, 1.807) is 36.3 Å². The molecule has 0 saturated heterocycles. The molecule has 1 N–H and O–H groups in total. The van der Waals surface area contributed by atoms with Gasteiger partial charge in [-0.05, 0) is 50.2 Å². The van der Waals surface area contributed by atoms with Crippen molar-refractivity contribution in [1.82, 2.24) is 4.98 Å². The maximum absolute atomic E-state index is 12.6. The van der Waals surface area contributed by atoms with Crippen LogP contribution in [0.15, 0.2) is 42.5 Å². The summed E-state index contributed by atoms with van der Waals surface area (Å²) in [5.74, 6) is 0.976. The molecule has 7 nitrogen and oxygen atoms in total. The lowest BCUT2D eigenvalue weighted by Crippen LogP contribution is -2.38. The highest BCUT2D eigenvalue weighted by Crippen LogP contribution is 2.38. The average Bonchev–Trinajstić information content (AvgIpc) is 3.13. The van der Waals surface area contributed by atoms with Crippen LogP contribution in [0.5, 0.6) is 11.5 Å². The zero-order valence-corrected chi connectivity index (χ0v) is 17.7. The summed E-state index contributed by atoms with van der Waals surface area (Å²) in [6, 6.07) is 12.6. The Morgan fingerprint density at radius 2 is 2.13 bits per heavy atom. The van der Waals surface area contributed by atoms with E-state index in [4.69, 9.17) is 9.47 Å². The van der Waals surface area contributed by atoms with Crippen molar-refractivity contribution in [3.63, 3.8) is 0 Å². The van der Waals surface area contributed by atoms with Crippen LogP contribution in [0, 0.1) is 6.92 Å². The van der Waals surface area contributed by atoms with E-state index in [0.29, 0.717) is 28.7 Å². The zero-order chi connectivity index (χ0) is 21.3. The fourth-order valence-electron chi connectivity index (χ4n) is 3.35. The number of nitrogens with one attached hydrogen (secondary N) is 1. The van der Waals surface area contributed by atoms with E-state index in [2.05, 4.69) is 10.3 Å². The number of nitrogens with zero attached hydrogens (tertiary/aromatic N) is 2. The number of likely N-dealkylation sites (N-methyl/N-ethyl adjacent to an activating group) is 1. The Kier molecular flexibility index (Phi) is 5.41. The summed E-state index contributed by atoms with van der Waals surface area (Å²) in [5, 5.41) is 3.36. The number of carbonyl (C=O) groups is 2. The van der Waals surface area contributed by atoms with Crippen LogP contribution in [0.2, 0.25) is 0 Å². The van der Waals surface area contributed by atoms with Crippen molar-refractivity contribution in [2.24, 2.45) is 0 Å². The largest absolute Gasteiger partial charge is 0.497 e. The van der Waals surface area contributed by atoms with E-state index in [9.17, 15) is 9.59 Å². The third kappa shape index (κ3) is 3.73. The first-order valence-corrected chi connectivity index (χ1v) is 10.3. The number of fused-ring (bicyclic) bond motifs is 1. The number of thiazole rings is 1. The minimum atomic E-state index is -0.254. The van der Waals surface area contributed by atoms with Crippen molar-refractivity contribution < 1.29 is 19.1 Å². The summed E-state index contributed by atoms with van der Waals surface area (Å²) >= 11 is 1.40. The van der Waals surface area contributed by atoms with Crippen LogP contribution in [-0.2, 0) is 4.79 Å². The third-order valence-electron chi connectivity index (χ3n) is 4.84. The maximum atomic E-state index is 12.6. The van der Waals surface area contributed by atoms with Crippen LogP contribution in [0.3, 0.4) is 0 Å². The van der Waals surface area contributed by atoms with Crippen molar-refractivity contribution in [2.45, 2.75) is 13.8 Å². The monoisotopic (exact) mass is 423 g/mol. The number of carbonyl (C=O) groups excluding carboxylic acids is 2. The van der Waals surface area contributed by atoms with E-state index in [1.807, 2.05) is 32.0 Å². The van der Waals surface area contributed by atoms with Crippen molar-refractivity contribution in [3.8, 4) is 22.8 Å². The second kappa shape index (κ2) is 8.16. The average molecular weight is 423 g/mol. The van der Waals surface area contributed by atoms with E-state index in [0.717, 1.165) is 21.8 Å². The van der Waals surface area contributed by atoms with Gasteiger partial charge in [0.15, 0.2) is 11.7 Å². The Morgan fingerprint density at radius 1 is 1.30 bits per heavy atom. The van der Waals surface area contributed by atoms with Gasteiger partial charge in [0.2, 0.25) is 0 Å². The molecule has 1 aliphatic rings. The number of rotatable bonds is 5. The van der Waals surface area contributed by atoms with Gasteiger partial charge in [-0.2, -0.15) is 0 Å². The lowest BCUT2D eigenvalue weighted by atomic mass is 10.1. The number of methoxy groups -OCH3 is 1. The molecule has 154 valence electrons. The molecule has 0 aliphatic carbocycles. The molecule has 0 unspecified atom stereocenters. The summed E-state index contributed by atoms with van der Waals surface area (Å²) in [5.41, 5.74) is 2.85. The van der Waals surface area contributed by atoms with Crippen molar-refractivity contribution >= 4 is 34.0 Å². The van der Waals surface area contributed by atoms with Crippen molar-refractivity contribution in [1.29, 1.82) is 0 Å². The summed E-state index contributed by atoms with van der Waals surface area (Å²) in [7, 11) is 1.56. The summed E-state index contributed by atoms with van der Waals surface area (Å²) in [6.45, 7) is 4.50. The first-order valence-electron chi connectivity index (χ1n) is 9.50. The number of benzene rings is 2. The fraction of sp³-hybridized carbons (Fsp3) is 0.227. The van der Waals surface area contributed by atoms with Crippen LogP contribution in [0.25, 0.3) is 11.3 Å². The number of hydrogen-bond acceptors (Lipinski definition) is 6. The van der Waals surface area contributed by atoms with Crippen LogP contribution >= 0.6 is 11.3 Å². The Morgan fingerprint density at radius 3 is 2.90 bits per heavy atom. The molecule has 0 atom stereocenters. The molecule has 0 fully saturated rings. The van der Waals surface area contributed by atoms with Gasteiger partial charge in [0.05, 0.1) is 18.5 Å². The normalized spacial score (nSPS) is 12.9. The molecule has 1 aliphatic heterocycles. The number of anilines is 2. The maximum Gasteiger partial charge on any atom is 0.265 e. The van der Waals surface area contributed by atoms with Gasteiger partial charge in [0.25, 0.3) is 11.8 Å². The van der Waals surface area contributed by atoms with E-state index in [1.165, 1.54) is 11.3 Å². The van der Waals surface area contributed by atoms with E-state index < -0.39 is 0 Å². The summed E-state index contributed by atoms with van der Waals surface area (Å²) in [4.78, 5) is 32.0. The lowest BCUT2D eigenvalue weighted by molar-refractivity contribution is -0.121. The molecule has 0 spiro atoms. The zero-order valence-electron chi connectivity index (χ0n) is 16.9. The molecule has 2 amide bonds. The number of aromatic nitrogens is 1. The Hall–Kier alpha value is -3.39. The SMILES string of the molecule is CCN1C(=O)COc2ccc(-c3nc(NC(=O)c4cccc(OC)c4)sc3C)cc21. The molecule has 2 aromatic carbocycles. The highest BCUT2D eigenvalue weighted by Gasteiger charge is 2.25. The summed E-state index contributed by atoms with van der Waals surface area (Å²) in [6.07, 6.45) is 0. The van der Waals surface area contributed by atoms with Gasteiger partial charge in [-0.25, -0.2) is 4.98 Å². The van der Waals surface area contributed by atoms with Gasteiger partial charge < -0.3 is 14.4 Å². The summed E-state index contributed by atoms with van der Waals surface area (Å²) < 4.78 is 10.7. The predicted molar refractivity (Wildman–Crippen MR) is 117 cm³/mol. The second-order valence-corrected chi connectivity index (χ2v) is 7.92. The molecule has 0 bridgehead atoms. The molecule has 8 heteroatoms. The smallest absolute Gasteiger partial charge is 0.265 e. The topological polar surface area (TPSA) is 80.8 Å². The van der Waals surface area contributed by atoms with Crippen LogP contribution in [0.4, 0.5) is 10.8 Å². The first kappa shape index (κ1) is 19.9. The third-order valence-corrected chi connectivity index (χ3v) is 5.73. The first-order chi connectivity index (χ1) is 14.5. The fourth-order valence-corrected chi connectivity index (χ4v) is 4.18. The quantitative estimate of drug-likeness (QED) is 0.668. The Balaban J connectivity index is 1.61. The minimum absolute atomic E-state index is 0.0520. The molecular weight excluding hydrogens is 402 g/mol. The molecular formula is C22H21N3O4S. The van der Waals surface area contributed by atoms with Crippen LogP contribution < -0.4 is 19.7 Å². The minimum Gasteiger partial charge on any atom is -0.497 e. The van der Waals surface area contributed by atoms with E-state index >= 15 is 0 Å². The molecule has 0 saturated carbocycles. The number of ether oxygens (including phenoxy) is 2. The number of hydrogen-bond donors (Lipinski definition) is 1. The Labute approximate surface area is 178 Å². The van der Waals surface area contributed by atoms with Gasteiger partial charge in [0.1, 0.15) is 11.5 Å². The van der Waals surface area contributed by atoms with Gasteiger partial charge in [-0.15, -0.1) is 11.3 Å². The van der Waals surface area contributed by atoms with Gasteiger partial charge >= 0.3 is 0 Å². The van der Waals surface area contributed by atoms with Crippen LogP contribution in [-0.4, -0.2) is 37.1 Å². The van der Waals surface area contributed by atoms with Gasteiger partial charge in [0, 0.05) is 22.5 Å². The van der Waals surface area contributed by atoms with Crippen molar-refractivity contribution in [3.05, 3.63) is 52.9 Å². The molecule has 2 heterocycles. The van der Waals surface area contributed by atoms with Gasteiger partial charge in [-0.1, -0.05) is 6.07 Å². The lowest BCUT2D eigenvalue weighted by Gasteiger charge is -2.28. The van der Waals surface area contributed by atoms with E-state index in [-0.39, 0.29) is 18.4 Å². The molecule has 0 radical (unpaired) electrons. The molecule has 4 rings (SSSR count). The highest BCUT2D eigenvalue weighted by atomic mass is 32.1. The number of aryl methyl sites for hydroxylation is 1. The standard InChI is InChI=1S/C22H21N3O4S/c1-4-25-17-11-14(8-9-18(17)29-12-19(25)26)20-13(2)30-22(23-20)24-21(27)15-6-5-7-16(10-15)28-3/h5-11H,4,12H2,1-3H3,(H,23,24,27). The van der Waals surface area contributed by atoms with Crippen LogP contribution in [0.1, 0.15) is 22.2 Å². The Bertz CT molecular complexity index is 1130. The van der Waals surface area contributed by atoms with Crippen molar-refractivity contribution in [2.75, 3.05) is 30.5 Å². The predicted octanol–water partition coefficient (Wildman–Crippen LogP) is 4.12.